The van der Waals surface area contributed by atoms with Crippen LogP contribution in [0.1, 0.15) is 46.4 Å². The molecule has 0 radical (unpaired) electrons. The van der Waals surface area contributed by atoms with E-state index in [1.54, 1.807) is 0 Å². The van der Waals surface area contributed by atoms with Gasteiger partial charge in [-0.3, -0.25) is 9.59 Å². The average Bonchev–Trinajstić information content (AvgIpc) is 3.64. The van der Waals surface area contributed by atoms with E-state index in [4.69, 9.17) is 27.9 Å². The van der Waals surface area contributed by atoms with Gasteiger partial charge in [0.15, 0.2) is 11.6 Å². The number of methoxy groups -OCH3 is 1. The van der Waals surface area contributed by atoms with E-state index in [1.165, 1.54) is 31.4 Å². The van der Waals surface area contributed by atoms with E-state index < -0.39 is 0 Å². The van der Waals surface area contributed by atoms with Crippen molar-refractivity contribution < 1.29 is 29.6 Å². The van der Waals surface area contributed by atoms with Gasteiger partial charge in [-0.05, 0) is 37.8 Å². The van der Waals surface area contributed by atoms with Gasteiger partial charge in [-0.1, -0.05) is 23.2 Å². The first-order chi connectivity index (χ1) is 15.5. The van der Waals surface area contributed by atoms with Crippen LogP contribution in [0, 0.1) is 11.8 Å². The number of ether oxygens (including phenoxy) is 1. The third-order valence-corrected chi connectivity index (χ3v) is 5.32. The standard InChI is InChI=1S/C11H11ClO3.C10H9ClO3.BBr3/c1-15-7-4-8(10(13)6-2-3-6)11(14)9(12)5-7;11-8-4-6(12)3-7(10(8)14)9(13)5-1-2-5;2-1(3)4/h4-6,14H,2-3H2,1H3;3-5,12,14H,1-2H2;. The van der Waals surface area contributed by atoms with Gasteiger partial charge >= 0.3 is 3.18 Å². The Labute approximate surface area is 226 Å². The first-order valence-electron chi connectivity index (χ1n) is 9.74. The number of carbonyl (C=O) groups excluding carboxylic acids is 2. The maximum atomic E-state index is 11.8. The van der Waals surface area contributed by atoms with Crippen LogP contribution in [-0.4, -0.2) is 37.2 Å². The van der Waals surface area contributed by atoms with E-state index in [2.05, 4.69) is 47.3 Å². The summed E-state index contributed by atoms with van der Waals surface area (Å²) in [4.78, 5) is 23.4. The molecule has 4 rings (SSSR count). The number of hydrogen-bond donors (Lipinski definition) is 3. The molecule has 12 heteroatoms. The van der Waals surface area contributed by atoms with Gasteiger partial charge in [-0.2, -0.15) is 0 Å². The predicted octanol–water partition coefficient (Wildman–Crippen LogP) is 7.15. The van der Waals surface area contributed by atoms with Crippen LogP contribution in [0.2, 0.25) is 10.0 Å². The Balaban J connectivity index is 0.000000202. The summed E-state index contributed by atoms with van der Waals surface area (Å²) in [5, 5.41) is 28.5. The molecule has 0 amide bonds. The zero-order valence-electron chi connectivity index (χ0n) is 17.3. The Bertz CT molecular complexity index is 1030. The summed E-state index contributed by atoms with van der Waals surface area (Å²) in [6.07, 6.45) is 3.50. The molecule has 0 aromatic heterocycles. The summed E-state index contributed by atoms with van der Waals surface area (Å²) in [6.45, 7) is 0. The van der Waals surface area contributed by atoms with E-state index in [-0.39, 0.29) is 65.0 Å². The number of benzene rings is 2. The Kier molecular flexibility index (Phi) is 10.9. The predicted molar refractivity (Wildman–Crippen MR) is 141 cm³/mol. The minimum Gasteiger partial charge on any atom is -0.508 e. The van der Waals surface area contributed by atoms with Crippen molar-refractivity contribution in [3.8, 4) is 23.0 Å². The molecule has 0 heterocycles. The molecule has 6 nitrogen and oxygen atoms in total. The van der Waals surface area contributed by atoms with Crippen molar-refractivity contribution >= 4 is 85.2 Å². The highest BCUT2D eigenvalue weighted by Gasteiger charge is 2.33. The van der Waals surface area contributed by atoms with E-state index in [0.717, 1.165) is 25.7 Å². The Morgan fingerprint density at radius 1 is 0.848 bits per heavy atom. The van der Waals surface area contributed by atoms with Gasteiger partial charge in [-0.15, -0.1) is 47.3 Å². The molecule has 0 spiro atoms. The van der Waals surface area contributed by atoms with Crippen LogP contribution in [-0.2, 0) is 0 Å². The fourth-order valence-electron chi connectivity index (χ4n) is 2.78. The van der Waals surface area contributed by atoms with Crippen molar-refractivity contribution in [3.05, 3.63) is 45.4 Å². The monoisotopic (exact) mass is 686 g/mol. The summed E-state index contributed by atoms with van der Waals surface area (Å²) in [5.41, 5.74) is 0.388. The van der Waals surface area contributed by atoms with Crippen LogP contribution in [0.4, 0.5) is 0 Å². The van der Waals surface area contributed by atoms with Gasteiger partial charge in [0.1, 0.15) is 23.0 Å². The van der Waals surface area contributed by atoms with Gasteiger partial charge < -0.3 is 20.1 Å². The van der Waals surface area contributed by atoms with E-state index in [0.29, 0.717) is 5.75 Å². The third kappa shape index (κ3) is 8.65. The lowest BCUT2D eigenvalue weighted by Gasteiger charge is -2.07. The summed E-state index contributed by atoms with van der Waals surface area (Å²) < 4.78 is 5.26. The molecule has 33 heavy (non-hydrogen) atoms. The number of hydrogen-bond acceptors (Lipinski definition) is 6. The summed E-state index contributed by atoms with van der Waals surface area (Å²) in [5.74, 6) is -0.124. The quantitative estimate of drug-likeness (QED) is 0.175. The van der Waals surface area contributed by atoms with Gasteiger partial charge in [0.25, 0.3) is 0 Å². The molecule has 2 aromatic carbocycles. The van der Waals surface area contributed by atoms with Gasteiger partial charge in [0, 0.05) is 24.0 Å². The smallest absolute Gasteiger partial charge is 0.369 e. The average molecular weight is 690 g/mol. The number of phenols is 3. The molecule has 2 aliphatic carbocycles. The van der Waals surface area contributed by atoms with Crippen LogP contribution in [0.25, 0.3) is 0 Å². The molecule has 2 fully saturated rings. The molecule has 0 bridgehead atoms. The molecule has 3 N–H and O–H groups in total. The van der Waals surface area contributed by atoms with Crippen molar-refractivity contribution in [2.75, 3.05) is 7.11 Å². The Hall–Kier alpha value is -0.935. The lowest BCUT2D eigenvalue weighted by molar-refractivity contribution is 0.0956. The highest BCUT2D eigenvalue weighted by Crippen LogP contribution is 2.40. The van der Waals surface area contributed by atoms with Crippen molar-refractivity contribution in [1.29, 1.82) is 0 Å². The minimum atomic E-state index is -0.235. The van der Waals surface area contributed by atoms with Crippen molar-refractivity contribution in [2.45, 2.75) is 25.7 Å². The number of carbonyl (C=O) groups is 2. The van der Waals surface area contributed by atoms with Gasteiger partial charge in [0.2, 0.25) is 0 Å². The second-order valence-electron chi connectivity index (χ2n) is 7.35. The van der Waals surface area contributed by atoms with Crippen LogP contribution in [0.5, 0.6) is 23.0 Å². The maximum Gasteiger partial charge on any atom is 0.369 e. The van der Waals surface area contributed by atoms with Crippen molar-refractivity contribution in [2.24, 2.45) is 11.8 Å². The number of halogens is 5. The molecule has 2 saturated carbocycles. The summed E-state index contributed by atoms with van der Waals surface area (Å²) in [7, 11) is 1.49. The zero-order chi connectivity index (χ0) is 24.9. The van der Waals surface area contributed by atoms with E-state index >= 15 is 0 Å². The number of phenolic OH excluding ortho intramolecular Hbond substituents is 3. The van der Waals surface area contributed by atoms with Crippen LogP contribution >= 0.6 is 70.5 Å². The third-order valence-electron chi connectivity index (χ3n) is 4.75. The van der Waals surface area contributed by atoms with E-state index in [1.807, 2.05) is 0 Å². The molecule has 0 saturated heterocycles. The molecular weight excluding hydrogens is 670 g/mol. The van der Waals surface area contributed by atoms with Gasteiger partial charge in [-0.25, -0.2) is 0 Å². The Morgan fingerprint density at radius 2 is 1.24 bits per heavy atom. The molecule has 2 aliphatic rings. The minimum absolute atomic E-state index is 0.00114. The first-order valence-corrected chi connectivity index (χ1v) is 13.2. The molecule has 0 unspecified atom stereocenters. The van der Waals surface area contributed by atoms with Crippen molar-refractivity contribution in [3.63, 3.8) is 0 Å². The largest absolute Gasteiger partial charge is 0.508 e. The zero-order valence-corrected chi connectivity index (χ0v) is 23.6. The lowest BCUT2D eigenvalue weighted by atomic mass is 10.1. The second-order valence-corrected chi connectivity index (χ2v) is 14.6. The fraction of sp³-hybridized carbons (Fsp3) is 0.333. The van der Waals surface area contributed by atoms with Crippen molar-refractivity contribution in [1.82, 2.24) is 0 Å². The summed E-state index contributed by atoms with van der Waals surface area (Å²) >= 11 is 20.7. The highest BCUT2D eigenvalue weighted by atomic mass is 79.9. The van der Waals surface area contributed by atoms with E-state index in [9.17, 15) is 24.9 Å². The van der Waals surface area contributed by atoms with Crippen LogP contribution in [0.15, 0.2) is 24.3 Å². The van der Waals surface area contributed by atoms with Gasteiger partial charge in [0.05, 0.1) is 28.3 Å². The lowest BCUT2D eigenvalue weighted by Crippen LogP contribution is -2.02. The molecule has 178 valence electrons. The SMILES string of the molecule is BrB(Br)Br.COc1cc(Cl)c(O)c(C(=O)C2CC2)c1.O=C(c1cc(O)cc(Cl)c1O)C1CC1. The number of ketones is 2. The maximum absolute atomic E-state index is 11.8. The molecule has 2 aromatic rings. The van der Waals surface area contributed by atoms with Crippen LogP contribution in [0.3, 0.4) is 0 Å². The molecular formula is C21H20BBr3Cl2O6. The highest BCUT2D eigenvalue weighted by molar-refractivity contribution is 9.69. The molecule has 0 atom stereocenters. The number of Topliss-reactive ketones (excluding diaryl/α,β-unsaturated/α-hetero) is 2. The normalized spacial score (nSPS) is 14.2. The van der Waals surface area contributed by atoms with Crippen LogP contribution < -0.4 is 4.74 Å². The number of rotatable bonds is 5. The topological polar surface area (TPSA) is 104 Å². The summed E-state index contributed by atoms with van der Waals surface area (Å²) in [6, 6.07) is 5.48. The Morgan fingerprint density at radius 3 is 1.64 bits per heavy atom. The second kappa shape index (κ2) is 12.7. The molecule has 0 aliphatic heterocycles. The first kappa shape index (κ1) is 28.3. The number of aromatic hydroxyl groups is 3. The fourth-order valence-corrected chi connectivity index (χ4v) is 3.21.